The number of hydrogen-bond acceptors (Lipinski definition) is 4. The predicted molar refractivity (Wildman–Crippen MR) is 49.8 cm³/mol. The first-order chi connectivity index (χ1) is 6.04. The Morgan fingerprint density at radius 3 is 2.15 bits per heavy atom. The molecule has 0 atom stereocenters. The Morgan fingerprint density at radius 1 is 1.23 bits per heavy atom. The molecule has 6 heteroatoms. The molecule has 0 unspecified atom stereocenters. The molecule has 0 bridgehead atoms. The van der Waals surface area contributed by atoms with E-state index in [4.69, 9.17) is 4.55 Å². The van der Waals surface area contributed by atoms with E-state index < -0.39 is 15.4 Å². The molecule has 0 aromatic rings. The van der Waals surface area contributed by atoms with Crippen molar-refractivity contribution < 1.29 is 13.0 Å². The second-order valence-corrected chi connectivity index (χ2v) is 5.08. The molecule has 0 saturated heterocycles. The Hall–Kier alpha value is -0.170. The minimum atomic E-state index is -3.81. The van der Waals surface area contributed by atoms with Crippen molar-refractivity contribution in [2.75, 3.05) is 7.05 Å². The van der Waals surface area contributed by atoms with E-state index >= 15 is 0 Å². The molecule has 0 amide bonds. The zero-order chi connectivity index (χ0) is 9.90. The zero-order valence-electron chi connectivity index (χ0n) is 7.66. The Kier molecular flexibility index (Phi) is 3.66. The van der Waals surface area contributed by atoms with Crippen LogP contribution in [0.15, 0.2) is 0 Å². The van der Waals surface area contributed by atoms with Crippen LogP contribution in [0.5, 0.6) is 0 Å². The summed E-state index contributed by atoms with van der Waals surface area (Å²) in [6, 6.07) is 0.322. The van der Waals surface area contributed by atoms with Gasteiger partial charge in [0.2, 0.25) is 0 Å². The van der Waals surface area contributed by atoms with Gasteiger partial charge >= 0.3 is 0 Å². The van der Waals surface area contributed by atoms with Gasteiger partial charge in [0, 0.05) is 6.04 Å². The Bertz CT molecular complexity index is 244. The highest BCUT2D eigenvalue weighted by Gasteiger charge is 2.28. The van der Waals surface area contributed by atoms with Gasteiger partial charge in [0.05, 0.1) is 5.25 Å². The summed E-state index contributed by atoms with van der Waals surface area (Å²) in [7, 11) is -2.03. The molecule has 0 radical (unpaired) electrons. The van der Waals surface area contributed by atoms with Crippen LogP contribution in [0.25, 0.3) is 0 Å². The molecule has 0 heterocycles. The predicted octanol–water partition coefficient (Wildman–Crippen LogP) is -0.0906. The van der Waals surface area contributed by atoms with E-state index in [2.05, 4.69) is 10.9 Å². The van der Waals surface area contributed by atoms with Crippen molar-refractivity contribution >= 4 is 10.1 Å². The van der Waals surface area contributed by atoms with Gasteiger partial charge in [0.25, 0.3) is 10.1 Å². The van der Waals surface area contributed by atoms with Crippen LogP contribution in [0.3, 0.4) is 0 Å². The molecule has 78 valence electrons. The summed E-state index contributed by atoms with van der Waals surface area (Å²) in [6.07, 6.45) is 2.65. The van der Waals surface area contributed by atoms with Crippen LogP contribution in [-0.2, 0) is 10.1 Å². The lowest BCUT2D eigenvalue weighted by Crippen LogP contribution is -2.42. The van der Waals surface area contributed by atoms with Gasteiger partial charge < -0.3 is 0 Å². The average Bonchev–Trinajstić information content (AvgIpc) is 2.04. The molecule has 1 fully saturated rings. The van der Waals surface area contributed by atoms with E-state index in [0.29, 0.717) is 18.9 Å². The fourth-order valence-electron chi connectivity index (χ4n) is 1.71. The topological polar surface area (TPSA) is 78.4 Å². The third-order valence-corrected chi connectivity index (χ3v) is 3.76. The molecule has 0 aliphatic heterocycles. The summed E-state index contributed by atoms with van der Waals surface area (Å²) in [5.41, 5.74) is 5.86. The largest absolute Gasteiger partial charge is 0.285 e. The normalized spacial score (nSPS) is 30.3. The van der Waals surface area contributed by atoms with E-state index in [1.807, 2.05) is 0 Å². The fourth-order valence-corrected chi connectivity index (χ4v) is 2.58. The van der Waals surface area contributed by atoms with Crippen LogP contribution >= 0.6 is 0 Å². The fraction of sp³-hybridized carbons (Fsp3) is 1.00. The van der Waals surface area contributed by atoms with Gasteiger partial charge in [0.15, 0.2) is 0 Å². The van der Waals surface area contributed by atoms with E-state index in [9.17, 15) is 8.42 Å². The van der Waals surface area contributed by atoms with Gasteiger partial charge in [-0.3, -0.25) is 15.4 Å². The molecule has 13 heavy (non-hydrogen) atoms. The van der Waals surface area contributed by atoms with Crippen LogP contribution in [0.2, 0.25) is 0 Å². The second kappa shape index (κ2) is 4.36. The first-order valence-corrected chi connectivity index (χ1v) is 5.93. The SMILES string of the molecule is CNNC1CCC(S(=O)(=O)O)CC1. The van der Waals surface area contributed by atoms with E-state index in [0.717, 1.165) is 12.8 Å². The minimum Gasteiger partial charge on any atom is -0.285 e. The van der Waals surface area contributed by atoms with Crippen LogP contribution in [0.4, 0.5) is 0 Å². The maximum absolute atomic E-state index is 10.8. The lowest BCUT2D eigenvalue weighted by molar-refractivity contribution is 0.337. The molecule has 1 rings (SSSR count). The Labute approximate surface area is 78.6 Å². The molecule has 5 nitrogen and oxygen atoms in total. The molecule has 0 aromatic heterocycles. The van der Waals surface area contributed by atoms with Gasteiger partial charge in [-0.2, -0.15) is 8.42 Å². The van der Waals surface area contributed by atoms with E-state index in [-0.39, 0.29) is 0 Å². The zero-order valence-corrected chi connectivity index (χ0v) is 8.47. The number of hydrogen-bond donors (Lipinski definition) is 3. The van der Waals surface area contributed by atoms with E-state index in [1.54, 1.807) is 7.05 Å². The van der Waals surface area contributed by atoms with Crippen molar-refractivity contribution in [3.05, 3.63) is 0 Å². The van der Waals surface area contributed by atoms with Gasteiger partial charge in [-0.15, -0.1) is 0 Å². The van der Waals surface area contributed by atoms with Crippen LogP contribution in [-0.4, -0.2) is 31.3 Å². The number of nitrogens with one attached hydrogen (secondary N) is 2. The summed E-state index contributed by atoms with van der Waals surface area (Å²) in [5.74, 6) is 0. The van der Waals surface area contributed by atoms with Gasteiger partial charge in [0.1, 0.15) is 0 Å². The molecule has 0 aromatic carbocycles. The summed E-state index contributed by atoms with van der Waals surface area (Å²) < 4.78 is 30.3. The standard InChI is InChI=1S/C7H16N2O3S/c1-8-9-6-2-4-7(5-3-6)13(10,11)12/h6-9H,2-5H2,1H3,(H,10,11,12). The first kappa shape index (κ1) is 10.9. The molecular formula is C7H16N2O3S. The number of rotatable bonds is 3. The highest BCUT2D eigenvalue weighted by Crippen LogP contribution is 2.23. The maximum atomic E-state index is 10.8. The quantitative estimate of drug-likeness (QED) is 0.446. The van der Waals surface area contributed by atoms with Gasteiger partial charge in [-0.05, 0) is 32.7 Å². The van der Waals surface area contributed by atoms with Crippen molar-refractivity contribution in [2.24, 2.45) is 0 Å². The molecule has 1 aliphatic carbocycles. The highest BCUT2D eigenvalue weighted by atomic mass is 32.2. The van der Waals surface area contributed by atoms with Gasteiger partial charge in [-0.1, -0.05) is 0 Å². The van der Waals surface area contributed by atoms with Crippen molar-refractivity contribution in [3.8, 4) is 0 Å². The van der Waals surface area contributed by atoms with Crippen LogP contribution in [0.1, 0.15) is 25.7 Å². The Morgan fingerprint density at radius 2 is 1.77 bits per heavy atom. The molecule has 3 N–H and O–H groups in total. The minimum absolute atomic E-state index is 0.322. The van der Waals surface area contributed by atoms with Gasteiger partial charge in [-0.25, -0.2) is 0 Å². The molecular weight excluding hydrogens is 192 g/mol. The molecule has 1 aliphatic rings. The molecule has 0 spiro atoms. The van der Waals surface area contributed by atoms with Crippen molar-refractivity contribution in [3.63, 3.8) is 0 Å². The summed E-state index contributed by atoms with van der Waals surface area (Å²) in [4.78, 5) is 0. The third kappa shape index (κ3) is 3.22. The smallest absolute Gasteiger partial charge is 0.267 e. The lowest BCUT2D eigenvalue weighted by atomic mass is 9.96. The average molecular weight is 208 g/mol. The molecule has 1 saturated carbocycles. The third-order valence-electron chi connectivity index (χ3n) is 2.44. The van der Waals surface area contributed by atoms with Crippen LogP contribution < -0.4 is 10.9 Å². The van der Waals surface area contributed by atoms with Crippen molar-refractivity contribution in [2.45, 2.75) is 37.0 Å². The second-order valence-electron chi connectivity index (χ2n) is 3.38. The summed E-state index contributed by atoms with van der Waals surface area (Å²) >= 11 is 0. The van der Waals surface area contributed by atoms with Crippen molar-refractivity contribution in [1.29, 1.82) is 0 Å². The maximum Gasteiger partial charge on any atom is 0.267 e. The monoisotopic (exact) mass is 208 g/mol. The lowest BCUT2D eigenvalue weighted by Gasteiger charge is -2.26. The Balaban J connectivity index is 2.39. The highest BCUT2D eigenvalue weighted by molar-refractivity contribution is 7.86. The van der Waals surface area contributed by atoms with Crippen molar-refractivity contribution in [1.82, 2.24) is 10.9 Å². The van der Waals surface area contributed by atoms with E-state index in [1.165, 1.54) is 0 Å². The van der Waals surface area contributed by atoms with Crippen LogP contribution in [0, 0.1) is 0 Å². The summed E-state index contributed by atoms with van der Waals surface area (Å²) in [6.45, 7) is 0. The first-order valence-electron chi connectivity index (χ1n) is 4.42. The number of hydrazine groups is 1. The summed E-state index contributed by atoms with van der Waals surface area (Å²) in [5, 5.41) is -0.553.